The smallest absolute Gasteiger partial charge is 0.308 e. The van der Waals surface area contributed by atoms with E-state index in [1.807, 2.05) is 6.08 Å². The topological polar surface area (TPSA) is 46.5 Å². The number of methoxy groups -OCH3 is 1. The lowest BCUT2D eigenvalue weighted by Gasteiger charge is -2.20. The summed E-state index contributed by atoms with van der Waals surface area (Å²) in [4.78, 5) is 11.3. The fraction of sp³-hybridized carbons (Fsp3) is 0.727. The molecule has 3 atom stereocenters. The highest BCUT2D eigenvalue weighted by molar-refractivity contribution is 5.73. The number of carbonyl (C=O) groups excluding carboxylic acids is 1. The van der Waals surface area contributed by atoms with Crippen LogP contribution in [0.2, 0.25) is 0 Å². The number of aliphatic hydroxyl groups is 1. The van der Waals surface area contributed by atoms with Crippen molar-refractivity contribution < 1.29 is 14.6 Å². The van der Waals surface area contributed by atoms with E-state index in [0.717, 1.165) is 25.7 Å². The first kappa shape index (κ1) is 9.71. The van der Waals surface area contributed by atoms with Gasteiger partial charge in [-0.15, -0.1) is 0 Å². The standard InChI is InChI=1S/C11H16O3/c1-14-11(13)9-4-7-2-3-10(12)6-8(7)5-9/h6-7,9-10,12H,2-5H2,1H3. The van der Waals surface area contributed by atoms with Gasteiger partial charge in [-0.1, -0.05) is 11.6 Å². The summed E-state index contributed by atoms with van der Waals surface area (Å²) in [6.45, 7) is 0. The molecule has 14 heavy (non-hydrogen) atoms. The number of allylic oxidation sites excluding steroid dienone is 1. The van der Waals surface area contributed by atoms with Crippen LogP contribution >= 0.6 is 0 Å². The molecule has 0 spiro atoms. The highest BCUT2D eigenvalue weighted by atomic mass is 16.5. The predicted octanol–water partition coefficient (Wildman–Crippen LogP) is 1.27. The number of carbonyl (C=O) groups is 1. The Morgan fingerprint density at radius 2 is 2.36 bits per heavy atom. The molecule has 0 bridgehead atoms. The molecule has 0 aliphatic heterocycles. The summed E-state index contributed by atoms with van der Waals surface area (Å²) in [5.74, 6) is 0.443. The maximum absolute atomic E-state index is 11.3. The molecule has 0 amide bonds. The zero-order chi connectivity index (χ0) is 10.1. The van der Waals surface area contributed by atoms with E-state index in [1.165, 1.54) is 12.7 Å². The molecule has 1 fully saturated rings. The van der Waals surface area contributed by atoms with Crippen LogP contribution in [0, 0.1) is 11.8 Å². The summed E-state index contributed by atoms with van der Waals surface area (Å²) in [6, 6.07) is 0. The second-order valence-electron chi connectivity index (χ2n) is 4.24. The summed E-state index contributed by atoms with van der Waals surface area (Å²) in [6.07, 6.45) is 5.18. The van der Waals surface area contributed by atoms with Crippen molar-refractivity contribution in [2.75, 3.05) is 7.11 Å². The summed E-state index contributed by atoms with van der Waals surface area (Å²) in [5.41, 5.74) is 1.26. The van der Waals surface area contributed by atoms with Crippen LogP contribution in [0.5, 0.6) is 0 Å². The molecule has 1 saturated carbocycles. The molecule has 2 aliphatic carbocycles. The SMILES string of the molecule is COC(=O)C1CC2=CC(O)CCC2C1. The van der Waals surface area contributed by atoms with Gasteiger partial charge in [0.05, 0.1) is 19.1 Å². The number of aliphatic hydroxyl groups excluding tert-OH is 1. The molecule has 0 radical (unpaired) electrons. The van der Waals surface area contributed by atoms with Crippen LogP contribution in [0.4, 0.5) is 0 Å². The van der Waals surface area contributed by atoms with Crippen molar-refractivity contribution in [3.8, 4) is 0 Å². The predicted molar refractivity (Wildman–Crippen MR) is 51.6 cm³/mol. The fourth-order valence-electron chi connectivity index (χ4n) is 2.59. The van der Waals surface area contributed by atoms with Gasteiger partial charge in [-0.25, -0.2) is 0 Å². The zero-order valence-corrected chi connectivity index (χ0v) is 8.40. The number of esters is 1. The van der Waals surface area contributed by atoms with E-state index in [4.69, 9.17) is 4.74 Å². The monoisotopic (exact) mass is 196 g/mol. The Morgan fingerprint density at radius 3 is 3.07 bits per heavy atom. The molecule has 3 nitrogen and oxygen atoms in total. The van der Waals surface area contributed by atoms with E-state index in [0.29, 0.717) is 5.92 Å². The molecule has 2 rings (SSSR count). The van der Waals surface area contributed by atoms with Crippen molar-refractivity contribution in [3.05, 3.63) is 11.6 Å². The number of ether oxygens (including phenoxy) is 1. The van der Waals surface area contributed by atoms with Gasteiger partial charge in [0.25, 0.3) is 0 Å². The Morgan fingerprint density at radius 1 is 1.57 bits per heavy atom. The minimum absolute atomic E-state index is 0.0292. The molecular weight excluding hydrogens is 180 g/mol. The lowest BCUT2D eigenvalue weighted by atomic mass is 9.89. The van der Waals surface area contributed by atoms with Crippen molar-refractivity contribution in [1.82, 2.24) is 0 Å². The lowest BCUT2D eigenvalue weighted by molar-refractivity contribution is -0.145. The van der Waals surface area contributed by atoms with Crippen molar-refractivity contribution in [3.63, 3.8) is 0 Å². The molecule has 2 aliphatic rings. The molecule has 0 aromatic rings. The number of fused-ring (bicyclic) bond motifs is 1. The van der Waals surface area contributed by atoms with E-state index < -0.39 is 0 Å². The van der Waals surface area contributed by atoms with Crippen LogP contribution in [-0.2, 0) is 9.53 Å². The van der Waals surface area contributed by atoms with Gasteiger partial charge in [-0.2, -0.15) is 0 Å². The second-order valence-corrected chi connectivity index (χ2v) is 4.24. The van der Waals surface area contributed by atoms with Gasteiger partial charge in [0.15, 0.2) is 0 Å². The van der Waals surface area contributed by atoms with Gasteiger partial charge in [0, 0.05) is 0 Å². The van der Waals surface area contributed by atoms with Gasteiger partial charge < -0.3 is 9.84 Å². The van der Waals surface area contributed by atoms with Crippen molar-refractivity contribution in [2.24, 2.45) is 11.8 Å². The third kappa shape index (κ3) is 1.69. The third-order valence-corrected chi connectivity index (χ3v) is 3.33. The number of rotatable bonds is 1. The van der Waals surface area contributed by atoms with Gasteiger partial charge in [-0.3, -0.25) is 4.79 Å². The van der Waals surface area contributed by atoms with Crippen molar-refractivity contribution >= 4 is 5.97 Å². The van der Waals surface area contributed by atoms with Crippen LogP contribution in [0.1, 0.15) is 25.7 Å². The Bertz CT molecular complexity index is 270. The van der Waals surface area contributed by atoms with Gasteiger partial charge in [0.1, 0.15) is 0 Å². The summed E-state index contributed by atoms with van der Waals surface area (Å²) in [5, 5.41) is 9.45. The fourth-order valence-corrected chi connectivity index (χ4v) is 2.59. The van der Waals surface area contributed by atoms with E-state index >= 15 is 0 Å². The Hall–Kier alpha value is -0.830. The van der Waals surface area contributed by atoms with E-state index in [9.17, 15) is 9.90 Å². The minimum Gasteiger partial charge on any atom is -0.469 e. The molecule has 1 N–H and O–H groups in total. The van der Waals surface area contributed by atoms with Crippen molar-refractivity contribution in [1.29, 1.82) is 0 Å². The van der Waals surface area contributed by atoms with E-state index in [1.54, 1.807) is 0 Å². The Labute approximate surface area is 83.8 Å². The summed E-state index contributed by atoms with van der Waals surface area (Å²) < 4.78 is 4.74. The normalized spacial score (nSPS) is 36.1. The van der Waals surface area contributed by atoms with Crippen LogP contribution < -0.4 is 0 Å². The number of hydrogen-bond acceptors (Lipinski definition) is 3. The molecular formula is C11H16O3. The van der Waals surface area contributed by atoms with E-state index in [-0.39, 0.29) is 18.0 Å². The summed E-state index contributed by atoms with van der Waals surface area (Å²) in [7, 11) is 1.44. The first-order valence-electron chi connectivity index (χ1n) is 5.17. The van der Waals surface area contributed by atoms with Crippen LogP contribution in [0.3, 0.4) is 0 Å². The second kappa shape index (κ2) is 3.73. The van der Waals surface area contributed by atoms with Crippen LogP contribution in [0.15, 0.2) is 11.6 Å². The number of hydrogen-bond donors (Lipinski definition) is 1. The summed E-state index contributed by atoms with van der Waals surface area (Å²) >= 11 is 0. The van der Waals surface area contributed by atoms with Gasteiger partial charge in [0.2, 0.25) is 0 Å². The first-order valence-corrected chi connectivity index (χ1v) is 5.17. The first-order chi connectivity index (χ1) is 6.70. The molecule has 3 heteroatoms. The molecule has 0 aromatic carbocycles. The molecule has 0 aromatic heterocycles. The lowest BCUT2D eigenvalue weighted by Crippen LogP contribution is -2.14. The zero-order valence-electron chi connectivity index (χ0n) is 8.40. The van der Waals surface area contributed by atoms with Crippen molar-refractivity contribution in [2.45, 2.75) is 31.8 Å². The van der Waals surface area contributed by atoms with Gasteiger partial charge >= 0.3 is 5.97 Å². The minimum atomic E-state index is -0.294. The Balaban J connectivity index is 2.06. The molecule has 78 valence electrons. The largest absolute Gasteiger partial charge is 0.469 e. The highest BCUT2D eigenvalue weighted by Gasteiger charge is 2.36. The average Bonchev–Trinajstić information content (AvgIpc) is 2.59. The maximum atomic E-state index is 11.3. The maximum Gasteiger partial charge on any atom is 0.308 e. The van der Waals surface area contributed by atoms with Crippen LogP contribution in [-0.4, -0.2) is 24.3 Å². The average molecular weight is 196 g/mol. The molecule has 3 unspecified atom stereocenters. The quantitative estimate of drug-likeness (QED) is 0.507. The third-order valence-electron chi connectivity index (χ3n) is 3.33. The van der Waals surface area contributed by atoms with E-state index in [2.05, 4.69) is 0 Å². The molecule has 0 heterocycles. The van der Waals surface area contributed by atoms with Crippen LogP contribution in [0.25, 0.3) is 0 Å². The Kier molecular flexibility index (Phi) is 2.59. The molecule has 0 saturated heterocycles. The van der Waals surface area contributed by atoms with Gasteiger partial charge in [-0.05, 0) is 31.6 Å². The highest BCUT2D eigenvalue weighted by Crippen LogP contribution is 2.42.